The Balaban J connectivity index is 1.49. The van der Waals surface area contributed by atoms with Gasteiger partial charge in [0, 0.05) is 11.3 Å². The molecule has 0 fully saturated rings. The third kappa shape index (κ3) is 5.28. The van der Waals surface area contributed by atoms with Crippen molar-refractivity contribution in [3.05, 3.63) is 95.8 Å². The van der Waals surface area contributed by atoms with E-state index in [-0.39, 0.29) is 17.5 Å². The van der Waals surface area contributed by atoms with Crippen LogP contribution in [-0.4, -0.2) is 32.6 Å². The first-order valence-corrected chi connectivity index (χ1v) is 10.9. The normalized spacial score (nSPS) is 11.1. The average molecular weight is 446 g/mol. The number of hydrogen-bond acceptors (Lipinski definition) is 5. The van der Waals surface area contributed by atoms with E-state index in [2.05, 4.69) is 20.7 Å². The van der Waals surface area contributed by atoms with E-state index in [1.54, 1.807) is 12.1 Å². The number of hydrazone groups is 1. The van der Waals surface area contributed by atoms with Crippen LogP contribution in [0.1, 0.15) is 11.1 Å². The molecule has 4 aromatic rings. The summed E-state index contributed by atoms with van der Waals surface area (Å²) in [5, 5.41) is 13.2. The second kappa shape index (κ2) is 10.0. The van der Waals surface area contributed by atoms with E-state index in [0.29, 0.717) is 16.5 Å². The fourth-order valence-corrected chi connectivity index (χ4v) is 3.70. The zero-order chi connectivity index (χ0) is 22.3. The van der Waals surface area contributed by atoms with Gasteiger partial charge in [0.05, 0.1) is 12.0 Å². The predicted octanol–water partition coefficient (Wildman–Crippen LogP) is 4.62. The molecule has 160 valence electrons. The Morgan fingerprint density at radius 3 is 2.47 bits per heavy atom. The molecule has 32 heavy (non-hydrogen) atoms. The second-order valence-electron chi connectivity index (χ2n) is 6.98. The summed E-state index contributed by atoms with van der Waals surface area (Å²) in [5.74, 6) is 0.203. The summed E-state index contributed by atoms with van der Waals surface area (Å²) in [6, 6.07) is 23.7. The number of thioether (sulfide) groups is 1. The summed E-state index contributed by atoms with van der Waals surface area (Å²) < 4.78 is 14.9. The molecule has 6 nitrogen and oxygen atoms in total. The van der Waals surface area contributed by atoms with Crippen molar-refractivity contribution >= 4 is 23.9 Å². The van der Waals surface area contributed by atoms with E-state index in [1.807, 2.05) is 66.1 Å². The molecule has 0 atom stereocenters. The Kier molecular flexibility index (Phi) is 6.72. The number of carbonyl (C=O) groups excluding carboxylic acids is 1. The Morgan fingerprint density at radius 1 is 1.03 bits per heavy atom. The molecule has 0 aliphatic rings. The number of rotatable bonds is 7. The highest BCUT2D eigenvalue weighted by Gasteiger charge is 2.17. The SMILES string of the molecule is Cc1ccc(-n2c(SCC(=O)N/N=C\c3ccc(F)cc3)nnc2-c2ccccc2)cc1. The molecule has 0 aliphatic carbocycles. The smallest absolute Gasteiger partial charge is 0.250 e. The molecule has 1 N–H and O–H groups in total. The van der Waals surface area contributed by atoms with Gasteiger partial charge in [0.2, 0.25) is 0 Å². The number of aryl methyl sites for hydroxylation is 1. The molecule has 4 rings (SSSR count). The van der Waals surface area contributed by atoms with E-state index in [9.17, 15) is 9.18 Å². The first kappa shape index (κ1) is 21.5. The molecule has 0 radical (unpaired) electrons. The maximum absolute atomic E-state index is 13.0. The van der Waals surface area contributed by atoms with Gasteiger partial charge in [-0.3, -0.25) is 9.36 Å². The maximum atomic E-state index is 13.0. The van der Waals surface area contributed by atoms with Crippen molar-refractivity contribution in [2.24, 2.45) is 5.10 Å². The Labute approximate surface area is 189 Å². The van der Waals surface area contributed by atoms with Gasteiger partial charge in [0.1, 0.15) is 5.82 Å². The van der Waals surface area contributed by atoms with Crippen molar-refractivity contribution in [1.82, 2.24) is 20.2 Å². The minimum Gasteiger partial charge on any atom is -0.272 e. The quantitative estimate of drug-likeness (QED) is 0.256. The van der Waals surface area contributed by atoms with Crippen molar-refractivity contribution in [2.75, 3.05) is 5.75 Å². The lowest BCUT2D eigenvalue weighted by molar-refractivity contribution is -0.118. The van der Waals surface area contributed by atoms with Gasteiger partial charge in [-0.25, -0.2) is 9.82 Å². The lowest BCUT2D eigenvalue weighted by atomic mass is 10.2. The van der Waals surface area contributed by atoms with Gasteiger partial charge in [0.15, 0.2) is 11.0 Å². The van der Waals surface area contributed by atoms with Crippen LogP contribution in [-0.2, 0) is 4.79 Å². The molecule has 0 saturated carbocycles. The Hall–Kier alpha value is -3.78. The van der Waals surface area contributed by atoms with Gasteiger partial charge in [-0.2, -0.15) is 5.10 Å². The predicted molar refractivity (Wildman–Crippen MR) is 124 cm³/mol. The van der Waals surface area contributed by atoms with Crippen molar-refractivity contribution < 1.29 is 9.18 Å². The number of nitrogens with zero attached hydrogens (tertiary/aromatic N) is 4. The van der Waals surface area contributed by atoms with E-state index in [1.165, 1.54) is 30.1 Å². The van der Waals surface area contributed by atoms with Crippen LogP contribution in [0.5, 0.6) is 0 Å². The van der Waals surface area contributed by atoms with Crippen LogP contribution in [0.15, 0.2) is 89.1 Å². The van der Waals surface area contributed by atoms with Gasteiger partial charge in [0.25, 0.3) is 5.91 Å². The van der Waals surface area contributed by atoms with Gasteiger partial charge in [-0.15, -0.1) is 10.2 Å². The topological polar surface area (TPSA) is 72.2 Å². The summed E-state index contributed by atoms with van der Waals surface area (Å²) >= 11 is 1.27. The van der Waals surface area contributed by atoms with Crippen molar-refractivity contribution in [3.63, 3.8) is 0 Å². The molecule has 0 spiro atoms. The van der Waals surface area contributed by atoms with Gasteiger partial charge >= 0.3 is 0 Å². The number of aromatic nitrogens is 3. The third-order valence-corrected chi connectivity index (χ3v) is 5.49. The minimum absolute atomic E-state index is 0.111. The van der Waals surface area contributed by atoms with Crippen molar-refractivity contribution in [3.8, 4) is 17.1 Å². The van der Waals surface area contributed by atoms with Crippen LogP contribution in [0.3, 0.4) is 0 Å². The number of hydrogen-bond donors (Lipinski definition) is 1. The molecular formula is C24H20FN5OS. The van der Waals surface area contributed by atoms with E-state index in [4.69, 9.17) is 0 Å². The maximum Gasteiger partial charge on any atom is 0.250 e. The summed E-state index contributed by atoms with van der Waals surface area (Å²) in [6.45, 7) is 2.03. The van der Waals surface area contributed by atoms with Crippen LogP contribution >= 0.6 is 11.8 Å². The molecule has 0 unspecified atom stereocenters. The van der Waals surface area contributed by atoms with Gasteiger partial charge in [-0.1, -0.05) is 71.9 Å². The molecule has 0 bridgehead atoms. The molecule has 0 aliphatic heterocycles. The van der Waals surface area contributed by atoms with Crippen LogP contribution < -0.4 is 5.43 Å². The molecule has 3 aromatic carbocycles. The van der Waals surface area contributed by atoms with E-state index in [0.717, 1.165) is 16.8 Å². The highest BCUT2D eigenvalue weighted by Crippen LogP contribution is 2.28. The number of benzene rings is 3. The second-order valence-corrected chi connectivity index (χ2v) is 7.92. The fourth-order valence-electron chi connectivity index (χ4n) is 2.95. The number of amides is 1. The highest BCUT2D eigenvalue weighted by atomic mass is 32.2. The largest absolute Gasteiger partial charge is 0.272 e. The van der Waals surface area contributed by atoms with Crippen molar-refractivity contribution in [2.45, 2.75) is 12.1 Å². The minimum atomic E-state index is -0.324. The van der Waals surface area contributed by atoms with Crippen LogP contribution in [0.25, 0.3) is 17.1 Å². The Morgan fingerprint density at radius 2 is 1.75 bits per heavy atom. The van der Waals surface area contributed by atoms with E-state index < -0.39 is 0 Å². The zero-order valence-electron chi connectivity index (χ0n) is 17.3. The van der Waals surface area contributed by atoms with Crippen LogP contribution in [0.4, 0.5) is 4.39 Å². The molecule has 1 heterocycles. The summed E-state index contributed by atoms with van der Waals surface area (Å²) in [6.07, 6.45) is 1.46. The first-order valence-electron chi connectivity index (χ1n) is 9.88. The molecule has 1 aromatic heterocycles. The number of carbonyl (C=O) groups is 1. The average Bonchev–Trinajstić information content (AvgIpc) is 3.24. The first-order chi connectivity index (χ1) is 15.6. The third-order valence-electron chi connectivity index (χ3n) is 4.56. The standard InChI is InChI=1S/C24H20FN5OS/c1-17-7-13-21(14-8-17)30-23(19-5-3-2-4-6-19)28-29-24(30)32-16-22(31)27-26-15-18-9-11-20(25)12-10-18/h2-15H,16H2,1H3,(H,27,31)/b26-15-. The lowest BCUT2D eigenvalue weighted by Gasteiger charge is -2.10. The summed E-state index contributed by atoms with van der Waals surface area (Å²) in [7, 11) is 0. The van der Waals surface area contributed by atoms with Crippen molar-refractivity contribution in [1.29, 1.82) is 0 Å². The zero-order valence-corrected chi connectivity index (χ0v) is 18.1. The van der Waals surface area contributed by atoms with E-state index >= 15 is 0 Å². The lowest BCUT2D eigenvalue weighted by Crippen LogP contribution is -2.20. The van der Waals surface area contributed by atoms with Crippen LogP contribution in [0.2, 0.25) is 0 Å². The van der Waals surface area contributed by atoms with Crippen LogP contribution in [0, 0.1) is 12.7 Å². The Bertz CT molecular complexity index is 1220. The molecule has 1 amide bonds. The van der Waals surface area contributed by atoms with Gasteiger partial charge in [-0.05, 0) is 36.8 Å². The van der Waals surface area contributed by atoms with Gasteiger partial charge < -0.3 is 0 Å². The molecule has 8 heteroatoms. The molecular weight excluding hydrogens is 425 g/mol. The fraction of sp³-hybridized carbons (Fsp3) is 0.0833. The summed E-state index contributed by atoms with van der Waals surface area (Å²) in [5.41, 5.74) is 6.16. The number of halogens is 1. The highest BCUT2D eigenvalue weighted by molar-refractivity contribution is 7.99. The summed E-state index contributed by atoms with van der Waals surface area (Å²) in [4.78, 5) is 12.3. The molecule has 0 saturated heterocycles. The number of nitrogens with one attached hydrogen (secondary N) is 1. The monoisotopic (exact) mass is 445 g/mol.